The van der Waals surface area contributed by atoms with E-state index in [0.29, 0.717) is 43.2 Å². The molecule has 0 bridgehead atoms. The van der Waals surface area contributed by atoms with Crippen LogP contribution in [0, 0.1) is 0 Å². The second-order valence-electron chi connectivity index (χ2n) is 7.01. The first kappa shape index (κ1) is 22.4. The number of amides is 1. The van der Waals surface area contributed by atoms with Gasteiger partial charge in [-0.3, -0.25) is 4.79 Å². The van der Waals surface area contributed by atoms with Gasteiger partial charge in [-0.15, -0.1) is 0 Å². The fourth-order valence-corrected chi connectivity index (χ4v) is 3.38. The molecule has 1 amide bonds. The topological polar surface area (TPSA) is 99.5 Å². The number of rotatable bonds is 10. The minimum atomic E-state index is -3.22. The van der Waals surface area contributed by atoms with Crippen LogP contribution in [0.25, 0.3) is 0 Å². The average Bonchev–Trinajstić information content (AvgIpc) is 3.15. The van der Waals surface area contributed by atoms with E-state index in [1.807, 2.05) is 17.8 Å². The van der Waals surface area contributed by atoms with Crippen molar-refractivity contribution in [1.82, 2.24) is 9.55 Å². The molecule has 0 spiro atoms. The highest BCUT2D eigenvalue weighted by Gasteiger charge is 2.07. The largest absolute Gasteiger partial charge is 0.494 e. The minimum Gasteiger partial charge on any atom is -0.494 e. The van der Waals surface area contributed by atoms with Crippen LogP contribution < -0.4 is 14.8 Å². The first-order valence-corrected chi connectivity index (χ1v) is 11.6. The zero-order chi connectivity index (χ0) is 22.3. The lowest BCUT2D eigenvalue weighted by Crippen LogP contribution is -2.12. The molecule has 0 aliphatic rings. The van der Waals surface area contributed by atoms with E-state index in [9.17, 15) is 13.2 Å². The van der Waals surface area contributed by atoms with Crippen LogP contribution in [0.4, 0.5) is 5.69 Å². The summed E-state index contributed by atoms with van der Waals surface area (Å²) in [5.74, 6) is 1.97. The van der Waals surface area contributed by atoms with Crippen molar-refractivity contribution in [2.75, 3.05) is 18.2 Å². The number of carbonyl (C=O) groups is 1. The summed E-state index contributed by atoms with van der Waals surface area (Å²) in [6.45, 7) is 0.720. The molecule has 0 saturated heterocycles. The van der Waals surface area contributed by atoms with Crippen LogP contribution in [0.2, 0.25) is 0 Å². The van der Waals surface area contributed by atoms with Crippen LogP contribution in [-0.4, -0.2) is 36.7 Å². The Bertz CT molecular complexity index is 1110. The van der Waals surface area contributed by atoms with E-state index in [1.165, 1.54) is 12.1 Å². The lowest BCUT2D eigenvalue weighted by atomic mass is 10.2. The summed E-state index contributed by atoms with van der Waals surface area (Å²) in [6, 6.07) is 13.4. The summed E-state index contributed by atoms with van der Waals surface area (Å²) in [7, 11) is -1.32. The molecule has 8 nitrogen and oxygen atoms in total. The fourth-order valence-electron chi connectivity index (χ4n) is 2.75. The number of imidazole rings is 1. The van der Waals surface area contributed by atoms with Crippen molar-refractivity contribution >= 4 is 21.4 Å². The Morgan fingerprint density at radius 1 is 1.03 bits per heavy atom. The lowest BCUT2D eigenvalue weighted by molar-refractivity contribution is -0.116. The molecule has 0 unspecified atom stereocenters. The number of aromatic nitrogens is 2. The van der Waals surface area contributed by atoms with E-state index >= 15 is 0 Å². The van der Waals surface area contributed by atoms with Gasteiger partial charge in [-0.25, -0.2) is 13.4 Å². The first-order chi connectivity index (χ1) is 14.8. The number of hydrogen-bond acceptors (Lipinski definition) is 6. The molecule has 3 aromatic rings. The van der Waals surface area contributed by atoms with E-state index in [-0.39, 0.29) is 10.8 Å². The zero-order valence-electron chi connectivity index (χ0n) is 17.4. The van der Waals surface area contributed by atoms with Crippen LogP contribution in [0.1, 0.15) is 18.7 Å². The monoisotopic (exact) mass is 443 g/mol. The van der Waals surface area contributed by atoms with Crippen LogP contribution >= 0.6 is 0 Å². The molecule has 1 heterocycles. The third-order valence-electron chi connectivity index (χ3n) is 4.50. The lowest BCUT2D eigenvalue weighted by Gasteiger charge is -2.09. The van der Waals surface area contributed by atoms with Gasteiger partial charge >= 0.3 is 0 Å². The van der Waals surface area contributed by atoms with Crippen molar-refractivity contribution in [2.45, 2.75) is 24.3 Å². The van der Waals surface area contributed by atoms with E-state index in [4.69, 9.17) is 9.47 Å². The maximum atomic E-state index is 12.1. The van der Waals surface area contributed by atoms with Crippen molar-refractivity contribution in [3.05, 3.63) is 66.7 Å². The molecule has 31 heavy (non-hydrogen) atoms. The van der Waals surface area contributed by atoms with Gasteiger partial charge in [0.2, 0.25) is 5.91 Å². The number of ether oxygens (including phenoxy) is 2. The van der Waals surface area contributed by atoms with Crippen molar-refractivity contribution in [3.8, 4) is 11.5 Å². The molecule has 164 valence electrons. The van der Waals surface area contributed by atoms with E-state index in [0.717, 1.165) is 12.1 Å². The van der Waals surface area contributed by atoms with Crippen molar-refractivity contribution in [2.24, 2.45) is 7.05 Å². The number of nitrogens with one attached hydrogen (secondary N) is 1. The molecule has 9 heteroatoms. The number of aryl methyl sites for hydroxylation is 1. The quantitative estimate of drug-likeness (QED) is 0.483. The van der Waals surface area contributed by atoms with Gasteiger partial charge in [0.1, 0.15) is 23.9 Å². The molecule has 1 aromatic heterocycles. The summed E-state index contributed by atoms with van der Waals surface area (Å²) in [5.41, 5.74) is 0.687. The normalized spacial score (nSPS) is 11.2. The first-order valence-electron chi connectivity index (χ1n) is 9.73. The van der Waals surface area contributed by atoms with Crippen molar-refractivity contribution in [1.29, 1.82) is 0 Å². The molecule has 0 radical (unpaired) electrons. The van der Waals surface area contributed by atoms with Gasteiger partial charge in [0, 0.05) is 37.8 Å². The summed E-state index contributed by atoms with van der Waals surface area (Å²) >= 11 is 0. The van der Waals surface area contributed by atoms with Gasteiger partial charge in [0.15, 0.2) is 9.84 Å². The number of carbonyl (C=O) groups excluding carboxylic acids is 1. The highest BCUT2D eigenvalue weighted by molar-refractivity contribution is 7.90. The van der Waals surface area contributed by atoms with Gasteiger partial charge in [0.25, 0.3) is 0 Å². The van der Waals surface area contributed by atoms with Gasteiger partial charge in [-0.05, 0) is 55.0 Å². The van der Waals surface area contributed by atoms with Gasteiger partial charge in [-0.1, -0.05) is 0 Å². The number of sulfone groups is 1. The van der Waals surface area contributed by atoms with Crippen LogP contribution in [0.3, 0.4) is 0 Å². The molecule has 0 fully saturated rings. The number of nitrogens with zero attached hydrogens (tertiary/aromatic N) is 2. The molecule has 1 N–H and O–H groups in total. The molecule has 0 saturated carbocycles. The molecule has 3 rings (SSSR count). The van der Waals surface area contributed by atoms with E-state index in [2.05, 4.69) is 10.3 Å². The van der Waals surface area contributed by atoms with E-state index < -0.39 is 9.84 Å². The summed E-state index contributed by atoms with van der Waals surface area (Å²) in [6.07, 6.45) is 5.57. The standard InChI is InChI=1S/C22H25N3O5S/c1-25-14-13-23-21(25)16-30-19-7-5-17(6-8-19)24-22(26)4-3-15-29-18-9-11-20(12-10-18)31(2,27)28/h5-14H,3-4,15-16H2,1-2H3,(H,24,26). The summed E-state index contributed by atoms with van der Waals surface area (Å²) in [4.78, 5) is 16.6. The fraction of sp³-hybridized carbons (Fsp3) is 0.273. The van der Waals surface area contributed by atoms with Crippen LogP contribution in [-0.2, 0) is 28.3 Å². The Labute approximate surface area is 181 Å². The summed E-state index contributed by atoms with van der Waals surface area (Å²) in [5, 5.41) is 2.84. The maximum absolute atomic E-state index is 12.1. The number of anilines is 1. The van der Waals surface area contributed by atoms with Gasteiger partial charge < -0.3 is 19.4 Å². The second kappa shape index (κ2) is 10.1. The molecule has 0 aliphatic carbocycles. The number of benzene rings is 2. The minimum absolute atomic E-state index is 0.113. The Morgan fingerprint density at radius 2 is 1.68 bits per heavy atom. The molecule has 2 aromatic carbocycles. The summed E-state index contributed by atoms with van der Waals surface area (Å²) < 4.78 is 36.0. The second-order valence-corrected chi connectivity index (χ2v) is 9.03. The Kier molecular flexibility index (Phi) is 7.30. The average molecular weight is 444 g/mol. The molecular weight excluding hydrogens is 418 g/mol. The maximum Gasteiger partial charge on any atom is 0.224 e. The smallest absolute Gasteiger partial charge is 0.224 e. The van der Waals surface area contributed by atoms with Gasteiger partial charge in [0.05, 0.1) is 11.5 Å². The third-order valence-corrected chi connectivity index (χ3v) is 5.62. The van der Waals surface area contributed by atoms with Crippen LogP contribution in [0.5, 0.6) is 11.5 Å². The number of hydrogen-bond donors (Lipinski definition) is 1. The SMILES string of the molecule is Cn1ccnc1COc1ccc(NC(=O)CCCOc2ccc(S(C)(=O)=O)cc2)cc1. The molecule has 0 atom stereocenters. The zero-order valence-corrected chi connectivity index (χ0v) is 18.3. The van der Waals surface area contributed by atoms with Crippen molar-refractivity contribution < 1.29 is 22.7 Å². The Balaban J connectivity index is 1.37. The van der Waals surface area contributed by atoms with Gasteiger partial charge in [-0.2, -0.15) is 0 Å². The van der Waals surface area contributed by atoms with E-state index in [1.54, 1.807) is 42.6 Å². The highest BCUT2D eigenvalue weighted by atomic mass is 32.2. The predicted octanol–water partition coefficient (Wildman–Crippen LogP) is 3.20. The van der Waals surface area contributed by atoms with Crippen molar-refractivity contribution in [3.63, 3.8) is 0 Å². The molecule has 0 aliphatic heterocycles. The Morgan fingerprint density at radius 3 is 2.29 bits per heavy atom. The molecular formula is C22H25N3O5S. The third kappa shape index (κ3) is 6.85. The van der Waals surface area contributed by atoms with Crippen LogP contribution in [0.15, 0.2) is 65.8 Å². The highest BCUT2D eigenvalue weighted by Crippen LogP contribution is 2.18. The Hall–Kier alpha value is -3.33. The predicted molar refractivity (Wildman–Crippen MR) is 117 cm³/mol.